The normalized spacial score (nSPS) is 10.8. The van der Waals surface area contributed by atoms with Crippen LogP contribution in [0.1, 0.15) is 72.1 Å². The Labute approximate surface area is 101 Å². The van der Waals surface area contributed by atoms with Crippen molar-refractivity contribution in [3.63, 3.8) is 0 Å². The molecule has 0 aromatic heterocycles. The van der Waals surface area contributed by atoms with Crippen LogP contribution in [-0.2, 0) is 9.53 Å². The molecule has 0 rings (SSSR count). The van der Waals surface area contributed by atoms with Crippen LogP contribution >= 0.6 is 0 Å². The molecule has 0 N–H and O–H groups in total. The topological polar surface area (TPSA) is 26.3 Å². The highest BCUT2D eigenvalue weighted by atomic mass is 16.5. The van der Waals surface area contributed by atoms with Crippen molar-refractivity contribution in [2.75, 3.05) is 6.61 Å². The summed E-state index contributed by atoms with van der Waals surface area (Å²) in [6.45, 7) is 7.15. The number of hydrogen-bond acceptors (Lipinski definition) is 2. The van der Waals surface area contributed by atoms with Crippen molar-refractivity contribution in [1.82, 2.24) is 0 Å². The average Bonchev–Trinajstić information content (AvgIpc) is 2.27. The van der Waals surface area contributed by atoms with Crippen LogP contribution in [0.2, 0.25) is 0 Å². The van der Waals surface area contributed by atoms with Gasteiger partial charge in [0.15, 0.2) is 0 Å². The highest BCUT2D eigenvalue weighted by molar-refractivity contribution is 5.69. The van der Waals surface area contributed by atoms with E-state index in [1.54, 1.807) is 0 Å². The quantitative estimate of drug-likeness (QED) is 0.411. The second-order valence-electron chi connectivity index (χ2n) is 4.58. The molecule has 0 aromatic rings. The molecule has 0 radical (unpaired) electrons. The van der Waals surface area contributed by atoms with Gasteiger partial charge in [-0.25, -0.2) is 0 Å². The largest absolute Gasteiger partial charge is 0.465 e. The van der Waals surface area contributed by atoms with E-state index < -0.39 is 0 Å². The predicted molar refractivity (Wildman–Crippen MR) is 68.4 cm³/mol. The summed E-state index contributed by atoms with van der Waals surface area (Å²) in [6.07, 6.45) is 8.56. The Kier molecular flexibility index (Phi) is 10.6. The molecule has 0 unspecified atom stereocenters. The molecule has 0 aliphatic rings. The van der Waals surface area contributed by atoms with Crippen molar-refractivity contribution in [1.29, 1.82) is 0 Å². The Morgan fingerprint density at radius 3 is 2.12 bits per heavy atom. The smallest absolute Gasteiger partial charge is 0.305 e. The Morgan fingerprint density at radius 2 is 1.62 bits per heavy atom. The molecule has 96 valence electrons. The first-order valence-electron chi connectivity index (χ1n) is 6.90. The van der Waals surface area contributed by atoms with Gasteiger partial charge in [-0.3, -0.25) is 4.79 Å². The molecule has 16 heavy (non-hydrogen) atoms. The minimum absolute atomic E-state index is 0.00865. The summed E-state index contributed by atoms with van der Waals surface area (Å²) in [5.41, 5.74) is 0. The van der Waals surface area contributed by atoms with E-state index in [1.165, 1.54) is 25.7 Å². The number of unbranched alkanes of at least 4 members (excludes halogenated alkanes) is 2. The van der Waals surface area contributed by atoms with Gasteiger partial charge in [0.25, 0.3) is 0 Å². The van der Waals surface area contributed by atoms with Gasteiger partial charge >= 0.3 is 5.97 Å². The van der Waals surface area contributed by atoms with Crippen LogP contribution in [0.25, 0.3) is 0 Å². The molecule has 0 saturated heterocycles. The first-order chi connectivity index (χ1) is 7.74. The molecule has 0 aromatic carbocycles. The molecule has 0 aliphatic carbocycles. The van der Waals surface area contributed by atoms with E-state index >= 15 is 0 Å². The summed E-state index contributed by atoms with van der Waals surface area (Å²) in [6, 6.07) is 0. The zero-order valence-corrected chi connectivity index (χ0v) is 11.3. The van der Waals surface area contributed by atoms with Gasteiger partial charge in [0, 0.05) is 6.42 Å². The van der Waals surface area contributed by atoms with E-state index in [9.17, 15) is 4.79 Å². The summed E-state index contributed by atoms with van der Waals surface area (Å²) in [5, 5.41) is 0. The number of esters is 1. The van der Waals surface area contributed by atoms with E-state index in [0.717, 1.165) is 19.3 Å². The van der Waals surface area contributed by atoms with E-state index in [1.807, 2.05) is 0 Å². The Bertz CT molecular complexity index is 160. The van der Waals surface area contributed by atoms with Crippen molar-refractivity contribution in [3.05, 3.63) is 0 Å². The summed E-state index contributed by atoms with van der Waals surface area (Å²) < 4.78 is 5.32. The van der Waals surface area contributed by atoms with Crippen LogP contribution in [-0.4, -0.2) is 12.6 Å². The molecule has 0 spiro atoms. The van der Waals surface area contributed by atoms with Crippen molar-refractivity contribution in [2.45, 2.75) is 72.1 Å². The number of rotatable bonds is 10. The Balaban J connectivity index is 3.60. The van der Waals surface area contributed by atoms with Crippen LogP contribution in [0.15, 0.2) is 0 Å². The molecule has 2 heteroatoms. The standard InChI is InChI=1S/C14H28O2/c1-4-7-8-11-14(15)16-12-13(9-5-2)10-6-3/h13H,4-12H2,1-3H3. The fourth-order valence-corrected chi connectivity index (χ4v) is 1.93. The second-order valence-corrected chi connectivity index (χ2v) is 4.58. The highest BCUT2D eigenvalue weighted by Crippen LogP contribution is 2.14. The number of carbonyl (C=O) groups is 1. The van der Waals surface area contributed by atoms with Crippen molar-refractivity contribution in [2.24, 2.45) is 5.92 Å². The molecule has 2 nitrogen and oxygen atoms in total. The maximum Gasteiger partial charge on any atom is 0.305 e. The Morgan fingerprint density at radius 1 is 1.00 bits per heavy atom. The van der Waals surface area contributed by atoms with Crippen LogP contribution < -0.4 is 0 Å². The Hall–Kier alpha value is -0.530. The summed E-state index contributed by atoms with van der Waals surface area (Å²) in [4.78, 5) is 11.4. The van der Waals surface area contributed by atoms with Gasteiger partial charge in [-0.15, -0.1) is 0 Å². The molecular formula is C14H28O2. The third-order valence-corrected chi connectivity index (χ3v) is 2.86. The monoisotopic (exact) mass is 228 g/mol. The van der Waals surface area contributed by atoms with E-state index in [4.69, 9.17) is 4.74 Å². The molecule has 0 heterocycles. The lowest BCUT2D eigenvalue weighted by Crippen LogP contribution is -2.14. The van der Waals surface area contributed by atoms with Gasteiger partial charge in [0.05, 0.1) is 6.61 Å². The van der Waals surface area contributed by atoms with Crippen LogP contribution in [0.3, 0.4) is 0 Å². The first-order valence-corrected chi connectivity index (χ1v) is 6.90. The van der Waals surface area contributed by atoms with Crippen LogP contribution in [0.5, 0.6) is 0 Å². The predicted octanol–water partition coefficient (Wildman–Crippen LogP) is 4.33. The first kappa shape index (κ1) is 15.5. The highest BCUT2D eigenvalue weighted by Gasteiger charge is 2.10. The molecular weight excluding hydrogens is 200 g/mol. The summed E-state index contributed by atoms with van der Waals surface area (Å²) in [7, 11) is 0. The van der Waals surface area contributed by atoms with Gasteiger partial charge in [-0.05, 0) is 25.2 Å². The molecule has 0 fully saturated rings. The summed E-state index contributed by atoms with van der Waals surface area (Å²) in [5.74, 6) is 0.566. The minimum Gasteiger partial charge on any atom is -0.465 e. The van der Waals surface area contributed by atoms with Gasteiger partial charge in [0.2, 0.25) is 0 Å². The number of ether oxygens (including phenoxy) is 1. The second kappa shape index (κ2) is 11.0. The molecule has 0 bridgehead atoms. The minimum atomic E-state index is -0.00865. The lowest BCUT2D eigenvalue weighted by atomic mass is 9.99. The lowest BCUT2D eigenvalue weighted by Gasteiger charge is -2.15. The van der Waals surface area contributed by atoms with Crippen molar-refractivity contribution >= 4 is 5.97 Å². The molecule has 0 aliphatic heterocycles. The average molecular weight is 228 g/mol. The maximum absolute atomic E-state index is 11.4. The van der Waals surface area contributed by atoms with E-state index in [-0.39, 0.29) is 5.97 Å². The zero-order valence-electron chi connectivity index (χ0n) is 11.3. The molecule has 0 amide bonds. The molecule has 0 saturated carbocycles. The van der Waals surface area contributed by atoms with Crippen LogP contribution in [0.4, 0.5) is 0 Å². The lowest BCUT2D eigenvalue weighted by molar-refractivity contribution is -0.145. The van der Waals surface area contributed by atoms with Gasteiger partial charge < -0.3 is 4.74 Å². The maximum atomic E-state index is 11.4. The summed E-state index contributed by atoms with van der Waals surface area (Å²) >= 11 is 0. The van der Waals surface area contributed by atoms with Gasteiger partial charge in [0.1, 0.15) is 0 Å². The van der Waals surface area contributed by atoms with Gasteiger partial charge in [-0.2, -0.15) is 0 Å². The van der Waals surface area contributed by atoms with Crippen LogP contribution in [0, 0.1) is 5.92 Å². The zero-order chi connectivity index (χ0) is 12.2. The molecule has 0 atom stereocenters. The van der Waals surface area contributed by atoms with Crippen molar-refractivity contribution in [3.8, 4) is 0 Å². The van der Waals surface area contributed by atoms with E-state index in [0.29, 0.717) is 18.9 Å². The third-order valence-electron chi connectivity index (χ3n) is 2.86. The number of carbonyl (C=O) groups excluding carboxylic acids is 1. The third kappa shape index (κ3) is 8.75. The fourth-order valence-electron chi connectivity index (χ4n) is 1.93. The van der Waals surface area contributed by atoms with Gasteiger partial charge in [-0.1, -0.05) is 46.5 Å². The SMILES string of the molecule is CCCCCC(=O)OCC(CCC)CCC. The van der Waals surface area contributed by atoms with Crippen molar-refractivity contribution < 1.29 is 9.53 Å². The van der Waals surface area contributed by atoms with E-state index in [2.05, 4.69) is 20.8 Å². The number of hydrogen-bond donors (Lipinski definition) is 0. The fraction of sp³-hybridized carbons (Fsp3) is 0.929.